The van der Waals surface area contributed by atoms with Crippen molar-refractivity contribution in [2.24, 2.45) is 0 Å². The molecule has 1 saturated heterocycles. The van der Waals surface area contributed by atoms with Crippen molar-refractivity contribution in [1.82, 2.24) is 4.90 Å². The number of aryl methyl sites for hydroxylation is 1. The number of carbonyl (C=O) groups is 2. The molecule has 4 rings (SSSR count). The molecule has 0 unspecified atom stereocenters. The molecule has 0 atom stereocenters. The minimum Gasteiger partial charge on any atom is -0.339 e. The van der Waals surface area contributed by atoms with Gasteiger partial charge in [-0.2, -0.15) is 0 Å². The first-order valence-corrected chi connectivity index (χ1v) is 9.03. The molecule has 2 amide bonds. The largest absolute Gasteiger partial charge is 0.339 e. The molecule has 0 aliphatic carbocycles. The quantitative estimate of drug-likeness (QED) is 0.843. The third-order valence-electron chi connectivity index (χ3n) is 5.13. The number of hydrogen-bond donors (Lipinski definition) is 0. The van der Waals surface area contributed by atoms with Gasteiger partial charge >= 0.3 is 0 Å². The Hall–Kier alpha value is -2.62. The van der Waals surface area contributed by atoms with Crippen LogP contribution in [0.15, 0.2) is 48.5 Å². The van der Waals surface area contributed by atoms with Crippen LogP contribution in [0.3, 0.4) is 0 Å². The van der Waals surface area contributed by atoms with Crippen LogP contribution in [0.25, 0.3) is 0 Å². The Labute approximate surface area is 148 Å². The zero-order valence-corrected chi connectivity index (χ0v) is 14.3. The van der Waals surface area contributed by atoms with Crippen LogP contribution >= 0.6 is 0 Å². The lowest BCUT2D eigenvalue weighted by molar-refractivity contribution is 0.0792. The molecule has 0 N–H and O–H groups in total. The molecule has 2 heterocycles. The molecular weight excluding hydrogens is 312 g/mol. The molecule has 1 fully saturated rings. The van der Waals surface area contributed by atoms with E-state index in [1.165, 1.54) is 5.56 Å². The van der Waals surface area contributed by atoms with E-state index in [0.29, 0.717) is 11.1 Å². The lowest BCUT2D eigenvalue weighted by Crippen LogP contribution is -2.35. The second kappa shape index (κ2) is 6.71. The van der Waals surface area contributed by atoms with Crippen molar-refractivity contribution in [2.45, 2.75) is 25.7 Å². The Kier molecular flexibility index (Phi) is 4.26. The molecule has 2 aliphatic rings. The minimum atomic E-state index is 0.00678. The molecular formula is C21H22N2O2. The van der Waals surface area contributed by atoms with E-state index in [1.807, 2.05) is 28.0 Å². The van der Waals surface area contributed by atoms with E-state index in [-0.39, 0.29) is 11.8 Å². The monoisotopic (exact) mass is 334 g/mol. The van der Waals surface area contributed by atoms with Crippen LogP contribution in [0.2, 0.25) is 0 Å². The van der Waals surface area contributed by atoms with Gasteiger partial charge in [0, 0.05) is 36.4 Å². The number of likely N-dealkylation sites (tertiary alicyclic amines) is 1. The standard InChI is InChI=1S/C21H22N2O2/c24-20(22-13-3-4-14-22)17-9-11-18(12-10-17)21(25)23-15-5-7-16-6-1-2-8-19(16)23/h1-2,6,8-12H,3-5,7,13-15H2. The third kappa shape index (κ3) is 3.04. The first kappa shape index (κ1) is 15.9. The van der Waals surface area contributed by atoms with Crippen LogP contribution in [-0.4, -0.2) is 36.3 Å². The molecule has 2 aromatic carbocycles. The number of benzene rings is 2. The highest BCUT2D eigenvalue weighted by molar-refractivity contribution is 6.07. The predicted octanol–water partition coefficient (Wildman–Crippen LogP) is 3.52. The van der Waals surface area contributed by atoms with E-state index in [9.17, 15) is 9.59 Å². The van der Waals surface area contributed by atoms with Crippen LogP contribution in [-0.2, 0) is 6.42 Å². The summed E-state index contributed by atoms with van der Waals surface area (Å²) in [5.41, 5.74) is 3.53. The van der Waals surface area contributed by atoms with Gasteiger partial charge in [0.25, 0.3) is 11.8 Å². The lowest BCUT2D eigenvalue weighted by atomic mass is 10.0. The van der Waals surface area contributed by atoms with Gasteiger partial charge in [0.2, 0.25) is 0 Å². The first-order chi connectivity index (χ1) is 12.2. The lowest BCUT2D eigenvalue weighted by Gasteiger charge is -2.29. The van der Waals surface area contributed by atoms with E-state index in [4.69, 9.17) is 0 Å². The van der Waals surface area contributed by atoms with Crippen molar-refractivity contribution in [3.8, 4) is 0 Å². The van der Waals surface area contributed by atoms with Gasteiger partial charge in [-0.25, -0.2) is 0 Å². The fourth-order valence-corrected chi connectivity index (χ4v) is 3.76. The van der Waals surface area contributed by atoms with Crippen molar-refractivity contribution in [3.63, 3.8) is 0 Å². The number of nitrogens with zero attached hydrogens (tertiary/aromatic N) is 2. The summed E-state index contributed by atoms with van der Waals surface area (Å²) >= 11 is 0. The van der Waals surface area contributed by atoms with Crippen LogP contribution in [0.1, 0.15) is 45.5 Å². The van der Waals surface area contributed by atoms with Gasteiger partial charge in [0.15, 0.2) is 0 Å². The van der Waals surface area contributed by atoms with Crippen LogP contribution in [0.5, 0.6) is 0 Å². The number of carbonyl (C=O) groups excluding carboxylic acids is 2. The van der Waals surface area contributed by atoms with Crippen molar-refractivity contribution < 1.29 is 9.59 Å². The number of hydrogen-bond acceptors (Lipinski definition) is 2. The van der Waals surface area contributed by atoms with E-state index in [1.54, 1.807) is 24.3 Å². The summed E-state index contributed by atoms with van der Waals surface area (Å²) in [4.78, 5) is 29.1. The molecule has 25 heavy (non-hydrogen) atoms. The average Bonchev–Trinajstić information content (AvgIpc) is 3.21. The maximum Gasteiger partial charge on any atom is 0.258 e. The number of para-hydroxylation sites is 1. The second-order valence-corrected chi connectivity index (χ2v) is 6.77. The van der Waals surface area contributed by atoms with E-state index >= 15 is 0 Å². The molecule has 0 bridgehead atoms. The first-order valence-electron chi connectivity index (χ1n) is 9.03. The number of rotatable bonds is 2. The highest BCUT2D eigenvalue weighted by atomic mass is 16.2. The Balaban J connectivity index is 1.54. The summed E-state index contributed by atoms with van der Waals surface area (Å²) < 4.78 is 0. The Morgan fingerprint density at radius 2 is 1.36 bits per heavy atom. The summed E-state index contributed by atoms with van der Waals surface area (Å²) in [6.07, 6.45) is 4.16. The third-order valence-corrected chi connectivity index (χ3v) is 5.13. The summed E-state index contributed by atoms with van der Waals surface area (Å²) in [6, 6.07) is 15.2. The summed E-state index contributed by atoms with van der Waals surface area (Å²) in [7, 11) is 0. The van der Waals surface area contributed by atoms with Crippen molar-refractivity contribution >= 4 is 17.5 Å². The van der Waals surface area contributed by atoms with Crippen molar-refractivity contribution in [1.29, 1.82) is 0 Å². The number of amides is 2. The molecule has 4 heteroatoms. The maximum atomic E-state index is 12.9. The zero-order valence-electron chi connectivity index (χ0n) is 14.3. The normalized spacial score (nSPS) is 16.6. The second-order valence-electron chi connectivity index (χ2n) is 6.77. The van der Waals surface area contributed by atoms with Gasteiger partial charge in [-0.15, -0.1) is 0 Å². The molecule has 2 aliphatic heterocycles. The van der Waals surface area contributed by atoms with E-state index in [0.717, 1.165) is 51.0 Å². The predicted molar refractivity (Wildman–Crippen MR) is 98.0 cm³/mol. The molecule has 0 radical (unpaired) electrons. The zero-order chi connectivity index (χ0) is 17.2. The van der Waals surface area contributed by atoms with Gasteiger partial charge in [-0.3, -0.25) is 9.59 Å². The molecule has 128 valence electrons. The van der Waals surface area contributed by atoms with Gasteiger partial charge in [0.1, 0.15) is 0 Å². The molecule has 0 aromatic heterocycles. The SMILES string of the molecule is O=C(c1ccc(C(=O)N2CCCc3ccccc32)cc1)N1CCCC1. The van der Waals surface area contributed by atoms with Gasteiger partial charge in [-0.1, -0.05) is 18.2 Å². The smallest absolute Gasteiger partial charge is 0.258 e. The highest BCUT2D eigenvalue weighted by Crippen LogP contribution is 2.28. The van der Waals surface area contributed by atoms with Gasteiger partial charge < -0.3 is 9.80 Å². The van der Waals surface area contributed by atoms with Crippen LogP contribution in [0.4, 0.5) is 5.69 Å². The number of anilines is 1. The van der Waals surface area contributed by atoms with Crippen LogP contribution in [0, 0.1) is 0 Å². The molecule has 2 aromatic rings. The van der Waals surface area contributed by atoms with Gasteiger partial charge in [0.05, 0.1) is 0 Å². The summed E-state index contributed by atoms with van der Waals surface area (Å²) in [5, 5.41) is 0. The van der Waals surface area contributed by atoms with Crippen molar-refractivity contribution in [2.75, 3.05) is 24.5 Å². The summed E-state index contributed by atoms with van der Waals surface area (Å²) in [6.45, 7) is 2.42. The maximum absolute atomic E-state index is 12.9. The Morgan fingerprint density at radius 1 is 0.720 bits per heavy atom. The molecule has 0 spiro atoms. The average molecular weight is 334 g/mol. The molecule has 4 nitrogen and oxygen atoms in total. The fraction of sp³-hybridized carbons (Fsp3) is 0.333. The number of fused-ring (bicyclic) bond motifs is 1. The highest BCUT2D eigenvalue weighted by Gasteiger charge is 2.24. The van der Waals surface area contributed by atoms with E-state index in [2.05, 4.69) is 6.07 Å². The molecule has 0 saturated carbocycles. The van der Waals surface area contributed by atoms with Gasteiger partial charge in [-0.05, 0) is 61.6 Å². The topological polar surface area (TPSA) is 40.6 Å². The van der Waals surface area contributed by atoms with Crippen molar-refractivity contribution in [3.05, 3.63) is 65.2 Å². The fourth-order valence-electron chi connectivity index (χ4n) is 3.76. The van der Waals surface area contributed by atoms with Crippen LogP contribution < -0.4 is 4.90 Å². The Morgan fingerprint density at radius 3 is 2.08 bits per heavy atom. The summed E-state index contributed by atoms with van der Waals surface area (Å²) in [5.74, 6) is 0.0761. The minimum absolute atomic E-state index is 0.00678. The van der Waals surface area contributed by atoms with E-state index < -0.39 is 0 Å². The Bertz CT molecular complexity index is 792.